The molecule has 0 radical (unpaired) electrons. The lowest BCUT2D eigenvalue weighted by Gasteiger charge is -2.20. The molecule has 0 fully saturated rings. The number of hydrogen-bond donors (Lipinski definition) is 1. The first-order chi connectivity index (χ1) is 16.1. The lowest BCUT2D eigenvalue weighted by atomic mass is 10.1. The zero-order valence-corrected chi connectivity index (χ0v) is 20.5. The Kier molecular flexibility index (Phi) is 6.78. The molecule has 0 aromatic heterocycles. The van der Waals surface area contributed by atoms with Crippen LogP contribution in [-0.4, -0.2) is 54.2 Å². The molecule has 2 heterocycles. The van der Waals surface area contributed by atoms with Gasteiger partial charge in [0.1, 0.15) is 24.7 Å². The minimum Gasteiger partial charge on any atom is -0.490 e. The quantitative estimate of drug-likeness (QED) is 0.456. The highest BCUT2D eigenvalue weighted by Crippen LogP contribution is 2.31. The van der Waals surface area contributed by atoms with Crippen LogP contribution in [0.1, 0.15) is 11.1 Å². The normalized spacial score (nSPS) is 16.9. The Labute approximate surface area is 205 Å². The lowest BCUT2D eigenvalue weighted by Crippen LogP contribution is -2.35. The molecule has 12 heteroatoms. The predicted octanol–water partition coefficient (Wildman–Crippen LogP) is 3.73. The number of amides is 1. The van der Waals surface area contributed by atoms with Crippen LogP contribution in [-0.2, 0) is 14.6 Å². The summed E-state index contributed by atoms with van der Waals surface area (Å²) in [6.07, 6.45) is 2.44. The van der Waals surface area contributed by atoms with E-state index in [0.29, 0.717) is 22.9 Å². The minimum absolute atomic E-state index is 0.0298. The molecule has 0 unspecified atom stereocenters. The van der Waals surface area contributed by atoms with Crippen LogP contribution in [0.4, 0.5) is 0 Å². The number of benzene rings is 2. The van der Waals surface area contributed by atoms with Crippen molar-refractivity contribution in [1.82, 2.24) is 5.01 Å². The monoisotopic (exact) mass is 518 g/mol. The van der Waals surface area contributed by atoms with Gasteiger partial charge in [-0.05, 0) is 54.6 Å². The Bertz CT molecular complexity index is 1370. The zero-order valence-electron chi connectivity index (χ0n) is 18.1. The summed E-state index contributed by atoms with van der Waals surface area (Å²) in [5, 5.41) is 13.6. The van der Waals surface area contributed by atoms with E-state index in [1.54, 1.807) is 18.2 Å². The number of hydrazone groups is 1. The van der Waals surface area contributed by atoms with Crippen LogP contribution in [0.3, 0.4) is 0 Å². The van der Waals surface area contributed by atoms with Gasteiger partial charge in [0.25, 0.3) is 5.91 Å². The van der Waals surface area contributed by atoms with Crippen molar-refractivity contribution >= 4 is 60.6 Å². The molecule has 9 nitrogen and oxygen atoms in total. The standard InChI is InChI=1S/C22H19ClN4O5S2/c1-13-3-6-15(7-4-13)31-9-10-32-18-8-5-14(12-17(18)23)11-16-19(24)27-21(25-20(16)28)33-22(26-27)34(2,29)30/h3-8,11-12,24H,9-10H2,1-2H3/b16-11+,24-19?. The molecule has 2 aliphatic heterocycles. The van der Waals surface area contributed by atoms with Gasteiger partial charge in [0, 0.05) is 6.26 Å². The molecule has 0 saturated heterocycles. The summed E-state index contributed by atoms with van der Waals surface area (Å²) in [6, 6.07) is 12.6. The summed E-state index contributed by atoms with van der Waals surface area (Å²) in [5.74, 6) is 0.251. The maximum Gasteiger partial charge on any atom is 0.283 e. The number of nitrogens with one attached hydrogen (secondary N) is 1. The number of thioether (sulfide) groups is 1. The summed E-state index contributed by atoms with van der Waals surface area (Å²) < 4.78 is 34.6. The Morgan fingerprint density at radius 2 is 1.85 bits per heavy atom. The number of fused-ring (bicyclic) bond motifs is 1. The molecule has 2 aromatic carbocycles. The number of carbonyl (C=O) groups is 1. The fraction of sp³-hybridized carbons (Fsp3) is 0.182. The predicted molar refractivity (Wildman–Crippen MR) is 133 cm³/mol. The van der Waals surface area contributed by atoms with E-state index < -0.39 is 15.7 Å². The lowest BCUT2D eigenvalue weighted by molar-refractivity contribution is -0.114. The summed E-state index contributed by atoms with van der Waals surface area (Å²) in [4.78, 5) is 16.3. The number of sulfone groups is 1. The molecule has 4 rings (SSSR count). The summed E-state index contributed by atoms with van der Waals surface area (Å²) >= 11 is 7.06. The molecule has 176 valence electrons. The average Bonchev–Trinajstić information content (AvgIpc) is 3.21. The van der Waals surface area contributed by atoms with Crippen molar-refractivity contribution in [2.24, 2.45) is 10.1 Å². The van der Waals surface area contributed by atoms with E-state index >= 15 is 0 Å². The van der Waals surface area contributed by atoms with Gasteiger partial charge in [0.05, 0.1) is 10.6 Å². The van der Waals surface area contributed by atoms with Gasteiger partial charge in [-0.25, -0.2) is 8.42 Å². The first kappa shape index (κ1) is 24.0. The second-order valence-corrected chi connectivity index (χ2v) is 10.9. The molecule has 2 aromatic rings. The third-order valence-electron chi connectivity index (χ3n) is 4.65. The van der Waals surface area contributed by atoms with Crippen LogP contribution in [0.25, 0.3) is 6.08 Å². The molecule has 2 aliphatic rings. The van der Waals surface area contributed by atoms with Crippen LogP contribution in [0.15, 0.2) is 58.1 Å². The molecule has 34 heavy (non-hydrogen) atoms. The number of halogens is 1. The number of carbonyl (C=O) groups excluding carboxylic acids is 1. The maximum atomic E-state index is 12.5. The summed E-state index contributed by atoms with van der Waals surface area (Å²) in [5.41, 5.74) is 1.65. The number of aryl methyl sites for hydroxylation is 1. The Morgan fingerprint density at radius 3 is 2.53 bits per heavy atom. The van der Waals surface area contributed by atoms with Gasteiger partial charge in [-0.15, -0.1) is 5.10 Å². The number of hydrogen-bond acceptors (Lipinski definition) is 8. The third-order valence-corrected chi connectivity index (χ3v) is 7.52. The van der Waals surface area contributed by atoms with Crippen molar-refractivity contribution in [1.29, 1.82) is 5.41 Å². The highest BCUT2D eigenvalue weighted by atomic mass is 35.5. The molecule has 0 bridgehead atoms. The number of amidine groups is 2. The fourth-order valence-corrected chi connectivity index (χ4v) is 4.89. The second-order valence-electron chi connectivity index (χ2n) is 7.36. The van der Waals surface area contributed by atoms with E-state index in [9.17, 15) is 13.2 Å². The van der Waals surface area contributed by atoms with E-state index in [1.807, 2.05) is 31.2 Å². The van der Waals surface area contributed by atoms with Crippen molar-refractivity contribution in [2.75, 3.05) is 19.5 Å². The second kappa shape index (κ2) is 9.61. The largest absolute Gasteiger partial charge is 0.490 e. The minimum atomic E-state index is -3.59. The molecule has 0 aliphatic carbocycles. The van der Waals surface area contributed by atoms with Crippen molar-refractivity contribution in [3.8, 4) is 11.5 Å². The molecule has 1 amide bonds. The first-order valence-corrected chi connectivity index (χ1v) is 13.0. The number of rotatable bonds is 6. The SMILES string of the molecule is Cc1ccc(OCCOc2ccc(/C=C3\C(=N)N4N=C(S(C)(=O)=O)SC4=NC3=O)cc2Cl)cc1. The van der Waals surface area contributed by atoms with Gasteiger partial charge < -0.3 is 9.47 Å². The van der Waals surface area contributed by atoms with Crippen molar-refractivity contribution in [3.63, 3.8) is 0 Å². The fourth-order valence-electron chi connectivity index (χ4n) is 2.96. The van der Waals surface area contributed by atoms with Gasteiger partial charge in [-0.1, -0.05) is 35.4 Å². The molecule has 0 spiro atoms. The van der Waals surface area contributed by atoms with E-state index in [1.165, 1.54) is 6.08 Å². The van der Waals surface area contributed by atoms with Crippen LogP contribution >= 0.6 is 23.4 Å². The van der Waals surface area contributed by atoms with Crippen molar-refractivity contribution in [2.45, 2.75) is 6.92 Å². The zero-order chi connectivity index (χ0) is 24.5. The third kappa shape index (κ3) is 5.32. The molecular formula is C22H19ClN4O5S2. The average molecular weight is 519 g/mol. The first-order valence-electron chi connectivity index (χ1n) is 9.94. The van der Waals surface area contributed by atoms with Crippen LogP contribution < -0.4 is 9.47 Å². The highest BCUT2D eigenvalue weighted by Gasteiger charge is 2.38. The van der Waals surface area contributed by atoms with Gasteiger partial charge in [0.2, 0.25) is 19.4 Å². The maximum absolute atomic E-state index is 12.5. The number of nitrogens with zero attached hydrogens (tertiary/aromatic N) is 3. The van der Waals surface area contributed by atoms with Crippen molar-refractivity contribution < 1.29 is 22.7 Å². The van der Waals surface area contributed by atoms with Crippen molar-refractivity contribution in [3.05, 3.63) is 64.2 Å². The Morgan fingerprint density at radius 1 is 1.15 bits per heavy atom. The van der Waals surface area contributed by atoms with Crippen LogP contribution in [0.2, 0.25) is 5.02 Å². The van der Waals surface area contributed by atoms with E-state index in [-0.39, 0.29) is 27.6 Å². The van der Waals surface area contributed by atoms with Crippen LogP contribution in [0, 0.1) is 12.3 Å². The van der Waals surface area contributed by atoms with Gasteiger partial charge in [-0.3, -0.25) is 10.2 Å². The van der Waals surface area contributed by atoms with Gasteiger partial charge >= 0.3 is 0 Å². The van der Waals surface area contributed by atoms with E-state index in [0.717, 1.165) is 34.3 Å². The molecular weight excluding hydrogens is 500 g/mol. The summed E-state index contributed by atoms with van der Waals surface area (Å²) in [7, 11) is -3.59. The number of ether oxygens (including phenoxy) is 2. The smallest absolute Gasteiger partial charge is 0.283 e. The summed E-state index contributed by atoms with van der Waals surface area (Å²) in [6.45, 7) is 2.61. The Hall–Kier alpha value is -3.15. The van der Waals surface area contributed by atoms with Gasteiger partial charge in [-0.2, -0.15) is 10.0 Å². The van der Waals surface area contributed by atoms with Crippen LogP contribution in [0.5, 0.6) is 11.5 Å². The topological polar surface area (TPSA) is 121 Å². The molecule has 0 saturated carbocycles. The highest BCUT2D eigenvalue weighted by molar-refractivity contribution is 8.42. The molecule has 1 N–H and O–H groups in total. The van der Waals surface area contributed by atoms with Gasteiger partial charge in [0.15, 0.2) is 5.84 Å². The van der Waals surface area contributed by atoms with E-state index in [4.69, 9.17) is 26.5 Å². The molecule has 0 atom stereocenters. The Balaban J connectivity index is 1.43. The number of aliphatic imine (C=N–C) groups is 1. The van der Waals surface area contributed by atoms with E-state index in [2.05, 4.69) is 10.1 Å².